The number of hydrogen-bond donors (Lipinski definition) is 1. The van der Waals surface area contributed by atoms with Crippen LogP contribution in [-0.4, -0.2) is 9.97 Å². The molecular formula is C5H8CoN2. The fraction of sp³-hybridized carbons (Fsp3) is 0.400. The Morgan fingerprint density at radius 1 is 1.50 bits per heavy atom. The molecule has 0 bridgehead atoms. The topological polar surface area (TPSA) is 28.7 Å². The molecule has 1 N–H and O–H groups in total. The minimum absolute atomic E-state index is 0. The van der Waals surface area contributed by atoms with E-state index < -0.39 is 0 Å². The number of rotatable bonds is 0. The molecule has 0 aromatic carbocycles. The number of aromatic nitrogens is 2. The van der Waals surface area contributed by atoms with Crippen molar-refractivity contribution in [2.75, 3.05) is 0 Å². The minimum atomic E-state index is 0. The van der Waals surface area contributed by atoms with Crippen LogP contribution in [0.3, 0.4) is 0 Å². The average Bonchev–Trinajstić information content (AvgIpc) is 1.91. The summed E-state index contributed by atoms with van der Waals surface area (Å²) in [7, 11) is 0. The number of imidazole rings is 1. The molecule has 0 saturated heterocycles. The second-order valence-corrected chi connectivity index (χ2v) is 1.61. The van der Waals surface area contributed by atoms with Gasteiger partial charge in [0.15, 0.2) is 0 Å². The van der Waals surface area contributed by atoms with Gasteiger partial charge in [-0.2, -0.15) is 0 Å². The van der Waals surface area contributed by atoms with Gasteiger partial charge in [0.05, 0.1) is 12.0 Å². The van der Waals surface area contributed by atoms with Gasteiger partial charge in [0.25, 0.3) is 0 Å². The van der Waals surface area contributed by atoms with Gasteiger partial charge in [-0.1, -0.05) is 0 Å². The van der Waals surface area contributed by atoms with Gasteiger partial charge in [-0.25, -0.2) is 4.98 Å². The summed E-state index contributed by atoms with van der Waals surface area (Å²) >= 11 is 0. The van der Waals surface area contributed by atoms with E-state index in [9.17, 15) is 0 Å². The number of H-pyrrole nitrogens is 1. The Kier molecular flexibility index (Phi) is 2.79. The molecule has 2 nitrogen and oxygen atoms in total. The summed E-state index contributed by atoms with van der Waals surface area (Å²) in [6.07, 6.45) is 1.70. The van der Waals surface area contributed by atoms with Gasteiger partial charge in [0.2, 0.25) is 0 Å². The molecule has 1 radical (unpaired) electrons. The van der Waals surface area contributed by atoms with E-state index >= 15 is 0 Å². The number of aromatic amines is 1. The van der Waals surface area contributed by atoms with E-state index in [1.54, 1.807) is 6.33 Å². The zero-order valence-corrected chi connectivity index (χ0v) is 5.90. The van der Waals surface area contributed by atoms with Crippen molar-refractivity contribution < 1.29 is 16.8 Å². The first-order valence-electron chi connectivity index (χ1n) is 2.27. The maximum atomic E-state index is 3.96. The van der Waals surface area contributed by atoms with Crippen molar-refractivity contribution >= 4 is 0 Å². The Balaban J connectivity index is 0.000000490. The molecule has 0 saturated carbocycles. The maximum Gasteiger partial charge on any atom is 0.0925 e. The fourth-order valence-corrected chi connectivity index (χ4v) is 0.427. The number of hydrogen-bond acceptors (Lipinski definition) is 1. The molecule has 0 atom stereocenters. The van der Waals surface area contributed by atoms with Crippen molar-refractivity contribution in [2.45, 2.75) is 13.8 Å². The molecule has 0 fully saturated rings. The Bertz CT molecular complexity index is 143. The van der Waals surface area contributed by atoms with Crippen molar-refractivity contribution in [3.05, 3.63) is 17.7 Å². The Morgan fingerprint density at radius 2 is 2.12 bits per heavy atom. The molecule has 47 valence electrons. The van der Waals surface area contributed by atoms with Gasteiger partial charge in [0.1, 0.15) is 0 Å². The molecule has 0 aliphatic rings. The van der Waals surface area contributed by atoms with E-state index in [0.717, 1.165) is 11.4 Å². The van der Waals surface area contributed by atoms with Crippen LogP contribution >= 0.6 is 0 Å². The SMILES string of the molecule is Cc1nc[nH]c1C.[Co]. The second kappa shape index (κ2) is 2.89. The van der Waals surface area contributed by atoms with Gasteiger partial charge in [-0.15, -0.1) is 0 Å². The van der Waals surface area contributed by atoms with Crippen LogP contribution < -0.4 is 0 Å². The zero-order chi connectivity index (χ0) is 5.28. The van der Waals surface area contributed by atoms with Crippen molar-refractivity contribution in [1.29, 1.82) is 0 Å². The van der Waals surface area contributed by atoms with Crippen LogP contribution in [0.2, 0.25) is 0 Å². The predicted octanol–water partition coefficient (Wildman–Crippen LogP) is 1.02. The van der Waals surface area contributed by atoms with Gasteiger partial charge in [-0.05, 0) is 13.8 Å². The zero-order valence-electron chi connectivity index (χ0n) is 4.86. The first-order chi connectivity index (χ1) is 3.30. The van der Waals surface area contributed by atoms with E-state index in [1.807, 2.05) is 13.8 Å². The molecule has 0 spiro atoms. The van der Waals surface area contributed by atoms with Gasteiger partial charge in [-0.3, -0.25) is 0 Å². The van der Waals surface area contributed by atoms with Crippen LogP contribution in [0, 0.1) is 13.8 Å². The van der Waals surface area contributed by atoms with E-state index in [-0.39, 0.29) is 16.8 Å². The summed E-state index contributed by atoms with van der Waals surface area (Å²) in [6.45, 7) is 3.98. The van der Waals surface area contributed by atoms with Crippen molar-refractivity contribution in [3.8, 4) is 0 Å². The molecule has 0 aliphatic carbocycles. The van der Waals surface area contributed by atoms with Gasteiger partial charge in [0, 0.05) is 22.5 Å². The fourth-order valence-electron chi connectivity index (χ4n) is 0.427. The third-order valence-corrected chi connectivity index (χ3v) is 1.08. The van der Waals surface area contributed by atoms with Crippen LogP contribution in [0.1, 0.15) is 11.4 Å². The summed E-state index contributed by atoms with van der Waals surface area (Å²) in [5.74, 6) is 0. The summed E-state index contributed by atoms with van der Waals surface area (Å²) in [4.78, 5) is 6.92. The van der Waals surface area contributed by atoms with Crippen LogP contribution in [0.15, 0.2) is 6.33 Å². The van der Waals surface area contributed by atoms with Crippen LogP contribution in [0.4, 0.5) is 0 Å². The van der Waals surface area contributed by atoms with E-state index in [2.05, 4.69) is 9.97 Å². The smallest absolute Gasteiger partial charge is 0.0925 e. The Morgan fingerprint density at radius 3 is 2.25 bits per heavy atom. The summed E-state index contributed by atoms with van der Waals surface area (Å²) in [6, 6.07) is 0. The third kappa shape index (κ3) is 1.35. The molecule has 0 unspecified atom stereocenters. The van der Waals surface area contributed by atoms with Gasteiger partial charge >= 0.3 is 0 Å². The van der Waals surface area contributed by atoms with Gasteiger partial charge < -0.3 is 4.98 Å². The summed E-state index contributed by atoms with van der Waals surface area (Å²) in [5, 5.41) is 0. The third-order valence-electron chi connectivity index (χ3n) is 1.08. The van der Waals surface area contributed by atoms with E-state index in [4.69, 9.17) is 0 Å². The summed E-state index contributed by atoms with van der Waals surface area (Å²) < 4.78 is 0. The first kappa shape index (κ1) is 7.72. The standard InChI is InChI=1S/C5H8N2.Co/c1-4-5(2)7-3-6-4;/h3H,1-2H3,(H,6,7);. The first-order valence-corrected chi connectivity index (χ1v) is 2.27. The molecule has 1 aromatic heterocycles. The molecule has 1 heterocycles. The average molecular weight is 155 g/mol. The molecule has 3 heteroatoms. The Labute approximate surface area is 58.9 Å². The monoisotopic (exact) mass is 155 g/mol. The largest absolute Gasteiger partial charge is 0.348 e. The van der Waals surface area contributed by atoms with Crippen LogP contribution in [0.5, 0.6) is 0 Å². The molecule has 1 rings (SSSR count). The number of nitrogens with one attached hydrogen (secondary N) is 1. The van der Waals surface area contributed by atoms with Crippen molar-refractivity contribution in [3.63, 3.8) is 0 Å². The molecule has 0 aliphatic heterocycles. The Hall–Kier alpha value is -0.284. The molecular weight excluding hydrogens is 147 g/mol. The quantitative estimate of drug-likeness (QED) is 0.595. The van der Waals surface area contributed by atoms with E-state index in [0.29, 0.717) is 0 Å². The molecule has 0 amide bonds. The second-order valence-electron chi connectivity index (χ2n) is 1.61. The predicted molar refractivity (Wildman–Crippen MR) is 28.1 cm³/mol. The van der Waals surface area contributed by atoms with Crippen LogP contribution in [-0.2, 0) is 16.8 Å². The van der Waals surface area contributed by atoms with Crippen LogP contribution in [0.25, 0.3) is 0 Å². The normalized spacial score (nSPS) is 8.25. The molecule has 8 heavy (non-hydrogen) atoms. The number of aryl methyl sites for hydroxylation is 2. The van der Waals surface area contributed by atoms with Crippen molar-refractivity contribution in [1.82, 2.24) is 9.97 Å². The molecule has 1 aromatic rings. The maximum absolute atomic E-state index is 3.96. The number of nitrogens with zero attached hydrogens (tertiary/aromatic N) is 1. The van der Waals surface area contributed by atoms with E-state index in [1.165, 1.54) is 0 Å². The van der Waals surface area contributed by atoms with Crippen molar-refractivity contribution in [2.24, 2.45) is 0 Å². The minimum Gasteiger partial charge on any atom is -0.348 e. The summed E-state index contributed by atoms with van der Waals surface area (Å²) in [5.41, 5.74) is 2.24.